The first-order valence-electron chi connectivity index (χ1n) is 12.1. The van der Waals surface area contributed by atoms with Gasteiger partial charge in [-0.1, -0.05) is 11.6 Å². The SMILES string of the molecule is C[C@@H]1CN(c2ncc(OC=O)cc2Cl)CCN1c1cc(-c2ccc(F)cc2)nc(N2CCC[C@@H]2C)n1. The second-order valence-electron chi connectivity index (χ2n) is 9.28. The van der Waals surface area contributed by atoms with Gasteiger partial charge in [0.25, 0.3) is 6.47 Å². The lowest BCUT2D eigenvalue weighted by molar-refractivity contribution is -0.120. The summed E-state index contributed by atoms with van der Waals surface area (Å²) < 4.78 is 18.4. The largest absolute Gasteiger partial charge is 0.427 e. The minimum absolute atomic E-state index is 0.113. The maximum atomic E-state index is 13.6. The Morgan fingerprint density at radius 2 is 1.86 bits per heavy atom. The van der Waals surface area contributed by atoms with E-state index < -0.39 is 0 Å². The second-order valence-corrected chi connectivity index (χ2v) is 9.69. The molecule has 10 heteroatoms. The first kappa shape index (κ1) is 24.2. The van der Waals surface area contributed by atoms with Crippen molar-refractivity contribution in [2.75, 3.05) is 40.9 Å². The summed E-state index contributed by atoms with van der Waals surface area (Å²) in [5.74, 6) is 2.25. The number of benzene rings is 1. The van der Waals surface area contributed by atoms with Gasteiger partial charge in [0.05, 0.1) is 16.9 Å². The third-order valence-electron chi connectivity index (χ3n) is 6.85. The van der Waals surface area contributed by atoms with Crippen molar-refractivity contribution < 1.29 is 13.9 Å². The molecule has 0 spiro atoms. The van der Waals surface area contributed by atoms with Crippen LogP contribution in [0.5, 0.6) is 5.75 Å². The van der Waals surface area contributed by atoms with Gasteiger partial charge < -0.3 is 19.4 Å². The highest BCUT2D eigenvalue weighted by molar-refractivity contribution is 6.33. The molecular formula is C26H28ClFN6O2. The number of anilines is 3. The Hall–Kier alpha value is -3.46. The molecule has 2 aliphatic heterocycles. The van der Waals surface area contributed by atoms with Gasteiger partial charge in [0, 0.05) is 56.0 Å². The van der Waals surface area contributed by atoms with Gasteiger partial charge in [-0.3, -0.25) is 4.79 Å². The van der Waals surface area contributed by atoms with Crippen molar-refractivity contribution in [3.63, 3.8) is 0 Å². The fourth-order valence-electron chi connectivity index (χ4n) is 4.95. The molecule has 3 aromatic rings. The highest BCUT2D eigenvalue weighted by Gasteiger charge is 2.29. The van der Waals surface area contributed by atoms with Crippen molar-refractivity contribution in [2.24, 2.45) is 0 Å². The molecule has 8 nitrogen and oxygen atoms in total. The summed E-state index contributed by atoms with van der Waals surface area (Å²) in [5.41, 5.74) is 1.63. The lowest BCUT2D eigenvalue weighted by Crippen LogP contribution is -2.52. The number of halogens is 2. The number of carbonyl (C=O) groups is 1. The molecule has 4 heterocycles. The number of nitrogens with zero attached hydrogens (tertiary/aromatic N) is 6. The fraction of sp³-hybridized carbons (Fsp3) is 0.385. The van der Waals surface area contributed by atoms with Crippen LogP contribution in [0.1, 0.15) is 26.7 Å². The van der Waals surface area contributed by atoms with Crippen LogP contribution in [0.25, 0.3) is 11.3 Å². The number of hydrogen-bond acceptors (Lipinski definition) is 8. The molecule has 188 valence electrons. The van der Waals surface area contributed by atoms with Crippen LogP contribution in [0.4, 0.5) is 22.0 Å². The zero-order chi connectivity index (χ0) is 25.2. The molecule has 5 rings (SSSR count). The van der Waals surface area contributed by atoms with Gasteiger partial charge in [0.1, 0.15) is 17.5 Å². The third-order valence-corrected chi connectivity index (χ3v) is 7.13. The fourth-order valence-corrected chi connectivity index (χ4v) is 5.23. The standard InChI is InChI=1S/C26H28ClFN6O2/c1-17-4-3-9-34(17)26-30-23(19-5-7-20(28)8-6-19)13-24(31-26)33-11-10-32(15-18(33)2)25-22(27)12-21(14-29-25)36-16-35/h5-8,12-14,16-18H,3-4,9-11,15H2,1-2H3/t17-,18+/m0/s1. The molecular weight excluding hydrogens is 483 g/mol. The Morgan fingerprint density at radius 3 is 2.53 bits per heavy atom. The van der Waals surface area contributed by atoms with E-state index in [0.29, 0.717) is 54.7 Å². The third kappa shape index (κ3) is 4.93. The second kappa shape index (κ2) is 10.3. The van der Waals surface area contributed by atoms with E-state index in [9.17, 15) is 9.18 Å². The Bertz CT molecular complexity index is 1240. The monoisotopic (exact) mass is 510 g/mol. The van der Waals surface area contributed by atoms with Gasteiger partial charge in [-0.15, -0.1) is 0 Å². The van der Waals surface area contributed by atoms with Crippen molar-refractivity contribution in [3.8, 4) is 17.0 Å². The summed E-state index contributed by atoms with van der Waals surface area (Å²) in [6.07, 6.45) is 3.72. The van der Waals surface area contributed by atoms with E-state index in [0.717, 1.165) is 36.5 Å². The van der Waals surface area contributed by atoms with E-state index >= 15 is 0 Å². The first-order chi connectivity index (χ1) is 17.4. The van der Waals surface area contributed by atoms with Crippen molar-refractivity contribution in [1.29, 1.82) is 0 Å². The number of hydrogen-bond donors (Lipinski definition) is 0. The molecule has 0 aliphatic carbocycles. The van der Waals surface area contributed by atoms with Gasteiger partial charge in [-0.05, 0) is 51.0 Å². The summed E-state index contributed by atoms with van der Waals surface area (Å²) in [4.78, 5) is 31.5. The maximum absolute atomic E-state index is 13.6. The van der Waals surface area contributed by atoms with Crippen molar-refractivity contribution >= 4 is 35.7 Å². The minimum Gasteiger partial charge on any atom is -0.427 e. The summed E-state index contributed by atoms with van der Waals surface area (Å²) in [6, 6.07) is 10.5. The van der Waals surface area contributed by atoms with E-state index in [-0.39, 0.29) is 11.9 Å². The number of rotatable bonds is 6. The zero-order valence-electron chi connectivity index (χ0n) is 20.3. The number of pyridine rings is 1. The van der Waals surface area contributed by atoms with Crippen LogP contribution in [0.2, 0.25) is 5.02 Å². The summed E-state index contributed by atoms with van der Waals surface area (Å²) >= 11 is 6.44. The number of aromatic nitrogens is 3. The van der Waals surface area contributed by atoms with Gasteiger partial charge in [0.2, 0.25) is 5.95 Å². The Kier molecular flexibility index (Phi) is 6.91. The topological polar surface area (TPSA) is 74.7 Å². The average molecular weight is 511 g/mol. The molecule has 0 N–H and O–H groups in total. The summed E-state index contributed by atoms with van der Waals surface area (Å²) in [7, 11) is 0. The lowest BCUT2D eigenvalue weighted by atomic mass is 10.1. The van der Waals surface area contributed by atoms with Crippen LogP contribution in [0.15, 0.2) is 42.6 Å². The van der Waals surface area contributed by atoms with E-state index in [1.54, 1.807) is 18.2 Å². The molecule has 0 amide bonds. The smallest absolute Gasteiger partial charge is 0.298 e. The highest BCUT2D eigenvalue weighted by Crippen LogP contribution is 2.32. The average Bonchev–Trinajstić information content (AvgIpc) is 3.30. The molecule has 2 atom stereocenters. The molecule has 2 aromatic heterocycles. The lowest BCUT2D eigenvalue weighted by Gasteiger charge is -2.41. The van der Waals surface area contributed by atoms with Crippen molar-refractivity contribution in [1.82, 2.24) is 15.0 Å². The number of ether oxygens (including phenoxy) is 1. The van der Waals surface area contributed by atoms with Gasteiger partial charge in [-0.25, -0.2) is 14.4 Å². The van der Waals surface area contributed by atoms with Crippen LogP contribution in [0, 0.1) is 5.82 Å². The Morgan fingerprint density at radius 1 is 1.06 bits per heavy atom. The van der Waals surface area contributed by atoms with Crippen LogP contribution >= 0.6 is 11.6 Å². The minimum atomic E-state index is -0.274. The Labute approximate surface area is 214 Å². The zero-order valence-corrected chi connectivity index (χ0v) is 21.0. The van der Waals surface area contributed by atoms with E-state index in [2.05, 4.69) is 33.5 Å². The van der Waals surface area contributed by atoms with Gasteiger partial charge >= 0.3 is 0 Å². The van der Waals surface area contributed by atoms with Crippen LogP contribution in [-0.4, -0.2) is 59.7 Å². The molecule has 0 radical (unpaired) electrons. The highest BCUT2D eigenvalue weighted by atomic mass is 35.5. The predicted octanol–water partition coefficient (Wildman–Crippen LogP) is 4.57. The van der Waals surface area contributed by atoms with Crippen LogP contribution < -0.4 is 19.4 Å². The van der Waals surface area contributed by atoms with Crippen molar-refractivity contribution in [3.05, 3.63) is 53.4 Å². The molecule has 2 aliphatic rings. The molecule has 0 saturated carbocycles. The number of carbonyl (C=O) groups excluding carboxylic acids is 1. The summed E-state index contributed by atoms with van der Waals surface area (Å²) in [5, 5.41) is 0.431. The van der Waals surface area contributed by atoms with Crippen LogP contribution in [-0.2, 0) is 4.79 Å². The molecule has 0 unspecified atom stereocenters. The Balaban J connectivity index is 1.43. The molecule has 2 fully saturated rings. The molecule has 36 heavy (non-hydrogen) atoms. The van der Waals surface area contributed by atoms with E-state index in [4.69, 9.17) is 26.3 Å². The van der Waals surface area contributed by atoms with Gasteiger partial charge in [0.15, 0.2) is 5.75 Å². The quantitative estimate of drug-likeness (QED) is 0.446. The first-order valence-corrected chi connectivity index (χ1v) is 12.5. The predicted molar refractivity (Wildman–Crippen MR) is 138 cm³/mol. The molecule has 1 aromatic carbocycles. The van der Waals surface area contributed by atoms with E-state index in [1.807, 2.05) is 6.07 Å². The van der Waals surface area contributed by atoms with Crippen molar-refractivity contribution in [2.45, 2.75) is 38.8 Å². The molecule has 0 bridgehead atoms. The summed E-state index contributed by atoms with van der Waals surface area (Å²) in [6.45, 7) is 7.70. The normalized spacial score (nSPS) is 20.1. The van der Waals surface area contributed by atoms with Crippen LogP contribution in [0.3, 0.4) is 0 Å². The van der Waals surface area contributed by atoms with E-state index in [1.165, 1.54) is 18.3 Å². The molecule has 2 saturated heterocycles. The van der Waals surface area contributed by atoms with Gasteiger partial charge in [-0.2, -0.15) is 4.98 Å². The number of piperazine rings is 1. The maximum Gasteiger partial charge on any atom is 0.298 e.